The van der Waals surface area contributed by atoms with Gasteiger partial charge in [0.1, 0.15) is 12.7 Å². The van der Waals surface area contributed by atoms with Crippen LogP contribution in [0.5, 0.6) is 0 Å². The third-order valence-corrected chi connectivity index (χ3v) is 1.78. The van der Waals surface area contributed by atoms with Crippen LogP contribution in [0.15, 0.2) is 12.3 Å². The molecule has 0 aromatic rings. The van der Waals surface area contributed by atoms with E-state index in [1.54, 1.807) is 6.92 Å². The van der Waals surface area contributed by atoms with Gasteiger partial charge >= 0.3 is 6.16 Å². The van der Waals surface area contributed by atoms with E-state index >= 15 is 0 Å². The van der Waals surface area contributed by atoms with Crippen molar-refractivity contribution >= 4 is 6.16 Å². The van der Waals surface area contributed by atoms with Crippen molar-refractivity contribution in [2.24, 2.45) is 0 Å². The minimum absolute atomic E-state index is 0.149. The molecule has 13 heavy (non-hydrogen) atoms. The maximum absolute atomic E-state index is 10.6. The van der Waals surface area contributed by atoms with Crippen molar-refractivity contribution in [2.75, 3.05) is 6.61 Å². The first-order valence-electron chi connectivity index (χ1n) is 4.29. The zero-order valence-corrected chi connectivity index (χ0v) is 7.91. The van der Waals surface area contributed by atoms with Crippen LogP contribution in [0.2, 0.25) is 0 Å². The molecular weight excluding hydrogens is 172 g/mol. The van der Waals surface area contributed by atoms with Gasteiger partial charge in [0.25, 0.3) is 0 Å². The Balaban J connectivity index is 2.46. The van der Waals surface area contributed by atoms with Gasteiger partial charge < -0.3 is 14.2 Å². The number of ether oxygens (including phenoxy) is 3. The van der Waals surface area contributed by atoms with Crippen LogP contribution >= 0.6 is 0 Å². The number of rotatable bonds is 4. The Hall–Kier alpha value is -1.19. The molecule has 74 valence electrons. The van der Waals surface area contributed by atoms with Crippen LogP contribution in [0.3, 0.4) is 0 Å². The molecule has 0 aliphatic carbocycles. The summed E-state index contributed by atoms with van der Waals surface area (Å²) in [6.07, 6.45) is -0.305. The molecule has 4 nitrogen and oxygen atoms in total. The van der Waals surface area contributed by atoms with Gasteiger partial charge in [0, 0.05) is 0 Å². The van der Waals surface area contributed by atoms with Crippen LogP contribution in [0.1, 0.15) is 20.3 Å². The highest BCUT2D eigenvalue weighted by Crippen LogP contribution is 2.17. The molecule has 0 N–H and O–H groups in total. The van der Waals surface area contributed by atoms with E-state index in [1.165, 1.54) is 0 Å². The molecule has 0 spiro atoms. The topological polar surface area (TPSA) is 44.8 Å². The second kappa shape index (κ2) is 4.16. The monoisotopic (exact) mass is 186 g/mol. The van der Waals surface area contributed by atoms with Gasteiger partial charge in [0.15, 0.2) is 6.10 Å². The molecule has 1 heterocycles. The highest BCUT2D eigenvalue weighted by molar-refractivity contribution is 5.61. The van der Waals surface area contributed by atoms with E-state index < -0.39 is 6.16 Å². The van der Waals surface area contributed by atoms with Gasteiger partial charge in [-0.1, -0.05) is 13.5 Å². The van der Waals surface area contributed by atoms with Gasteiger partial charge in [-0.25, -0.2) is 4.79 Å². The summed E-state index contributed by atoms with van der Waals surface area (Å²) >= 11 is 0. The molecule has 2 atom stereocenters. The summed E-state index contributed by atoms with van der Waals surface area (Å²) in [6, 6.07) is 0. The minimum atomic E-state index is -0.617. The van der Waals surface area contributed by atoms with Crippen LogP contribution in [0, 0.1) is 0 Å². The smallest absolute Gasteiger partial charge is 0.492 e. The SMILES string of the molecule is C=C(C)OC(CC)C1COC(=O)O1. The number of hydrogen-bond acceptors (Lipinski definition) is 4. The van der Waals surface area contributed by atoms with Crippen molar-refractivity contribution in [3.63, 3.8) is 0 Å². The van der Waals surface area contributed by atoms with Crippen LogP contribution < -0.4 is 0 Å². The van der Waals surface area contributed by atoms with Crippen molar-refractivity contribution in [1.29, 1.82) is 0 Å². The van der Waals surface area contributed by atoms with Gasteiger partial charge in [-0.05, 0) is 13.3 Å². The molecule has 2 unspecified atom stereocenters. The molecule has 1 saturated heterocycles. The van der Waals surface area contributed by atoms with Crippen molar-refractivity contribution in [2.45, 2.75) is 32.5 Å². The van der Waals surface area contributed by atoms with Crippen LogP contribution in [0.4, 0.5) is 4.79 Å². The summed E-state index contributed by atoms with van der Waals surface area (Å²) in [5.74, 6) is 0.620. The Kier molecular flexibility index (Phi) is 3.17. The number of allylic oxidation sites excluding steroid dienone is 1. The quantitative estimate of drug-likeness (QED) is 0.496. The number of hydrogen-bond donors (Lipinski definition) is 0. The molecule has 1 aliphatic rings. The molecule has 1 rings (SSSR count). The Morgan fingerprint density at radius 2 is 2.54 bits per heavy atom. The Morgan fingerprint density at radius 1 is 1.85 bits per heavy atom. The standard InChI is InChI=1S/C9H14O4/c1-4-7(12-6(2)3)8-5-11-9(10)13-8/h7-8H,2,4-5H2,1,3H3. The highest BCUT2D eigenvalue weighted by Gasteiger charge is 2.32. The van der Waals surface area contributed by atoms with Crippen LogP contribution in [-0.4, -0.2) is 25.0 Å². The number of carbonyl (C=O) groups excluding carboxylic acids is 1. The normalized spacial score (nSPS) is 23.2. The fraction of sp³-hybridized carbons (Fsp3) is 0.667. The summed E-state index contributed by atoms with van der Waals surface area (Å²) in [7, 11) is 0. The Morgan fingerprint density at radius 3 is 2.92 bits per heavy atom. The molecule has 1 fully saturated rings. The third-order valence-electron chi connectivity index (χ3n) is 1.78. The van der Waals surface area contributed by atoms with E-state index in [4.69, 9.17) is 9.47 Å². The predicted octanol–water partition coefficient (Wildman–Crippen LogP) is 1.85. The zero-order valence-electron chi connectivity index (χ0n) is 7.91. The third kappa shape index (κ3) is 2.65. The summed E-state index contributed by atoms with van der Waals surface area (Å²) in [4.78, 5) is 10.6. The molecule has 0 aromatic heterocycles. The van der Waals surface area contributed by atoms with Crippen molar-refractivity contribution in [1.82, 2.24) is 0 Å². The molecular formula is C9H14O4. The molecule has 0 aromatic carbocycles. The highest BCUT2D eigenvalue weighted by atomic mass is 16.8. The van der Waals surface area contributed by atoms with Gasteiger partial charge in [-0.2, -0.15) is 0 Å². The summed E-state index contributed by atoms with van der Waals surface area (Å²) in [5.41, 5.74) is 0. The van der Waals surface area contributed by atoms with Crippen molar-refractivity contribution in [3.8, 4) is 0 Å². The van der Waals surface area contributed by atoms with Crippen LogP contribution in [-0.2, 0) is 14.2 Å². The molecule has 0 saturated carbocycles. The Labute approximate surface area is 77.5 Å². The number of carbonyl (C=O) groups is 1. The molecule has 1 aliphatic heterocycles. The molecule has 0 radical (unpaired) electrons. The largest absolute Gasteiger partial charge is 0.508 e. The summed E-state index contributed by atoms with van der Waals surface area (Å²) < 4.78 is 14.9. The predicted molar refractivity (Wildman–Crippen MR) is 46.2 cm³/mol. The summed E-state index contributed by atoms with van der Waals surface area (Å²) in [6.45, 7) is 7.62. The maximum atomic E-state index is 10.6. The van der Waals surface area contributed by atoms with E-state index in [1.807, 2.05) is 6.92 Å². The first kappa shape index (κ1) is 9.89. The molecule has 4 heteroatoms. The van der Waals surface area contributed by atoms with E-state index in [-0.39, 0.29) is 18.8 Å². The maximum Gasteiger partial charge on any atom is 0.508 e. The lowest BCUT2D eigenvalue weighted by Gasteiger charge is -2.20. The molecule has 0 amide bonds. The zero-order chi connectivity index (χ0) is 9.84. The average Bonchev–Trinajstić information content (AvgIpc) is 2.47. The average molecular weight is 186 g/mol. The lowest BCUT2D eigenvalue weighted by Crippen LogP contribution is -2.29. The van der Waals surface area contributed by atoms with Crippen LogP contribution in [0.25, 0.3) is 0 Å². The van der Waals surface area contributed by atoms with Crippen molar-refractivity contribution in [3.05, 3.63) is 12.3 Å². The van der Waals surface area contributed by atoms with E-state index in [2.05, 4.69) is 11.3 Å². The fourth-order valence-electron chi connectivity index (χ4n) is 1.21. The first-order valence-corrected chi connectivity index (χ1v) is 4.29. The minimum Gasteiger partial charge on any atom is -0.492 e. The molecule has 0 bridgehead atoms. The second-order valence-electron chi connectivity index (χ2n) is 2.98. The Bertz CT molecular complexity index is 212. The lowest BCUT2D eigenvalue weighted by molar-refractivity contribution is 0.00822. The fourth-order valence-corrected chi connectivity index (χ4v) is 1.21. The van der Waals surface area contributed by atoms with Gasteiger partial charge in [0.05, 0.1) is 5.76 Å². The van der Waals surface area contributed by atoms with Gasteiger partial charge in [-0.3, -0.25) is 0 Å². The lowest BCUT2D eigenvalue weighted by atomic mass is 10.1. The summed E-state index contributed by atoms with van der Waals surface area (Å²) in [5, 5.41) is 0. The second-order valence-corrected chi connectivity index (χ2v) is 2.98. The van der Waals surface area contributed by atoms with Crippen molar-refractivity contribution < 1.29 is 19.0 Å². The van der Waals surface area contributed by atoms with E-state index in [0.717, 1.165) is 6.42 Å². The van der Waals surface area contributed by atoms with E-state index in [9.17, 15) is 4.79 Å². The van der Waals surface area contributed by atoms with E-state index in [0.29, 0.717) is 5.76 Å². The number of cyclic esters (lactones) is 2. The first-order chi connectivity index (χ1) is 6.13. The van der Waals surface area contributed by atoms with Gasteiger partial charge in [-0.15, -0.1) is 0 Å². The van der Waals surface area contributed by atoms with Gasteiger partial charge in [0.2, 0.25) is 0 Å².